The fourth-order valence-corrected chi connectivity index (χ4v) is 1.96. The van der Waals surface area contributed by atoms with Gasteiger partial charge in [0.05, 0.1) is 6.33 Å². The Morgan fingerprint density at radius 1 is 1.65 bits per heavy atom. The lowest BCUT2D eigenvalue weighted by molar-refractivity contribution is -0.131. The number of hydrogen-bond acceptors (Lipinski definition) is 3. The molecule has 0 unspecified atom stereocenters. The number of imidazole rings is 1. The number of amides is 1. The molecule has 0 saturated carbocycles. The summed E-state index contributed by atoms with van der Waals surface area (Å²) in [5, 5.41) is 0. The van der Waals surface area contributed by atoms with Crippen LogP contribution in [0.2, 0.25) is 0 Å². The van der Waals surface area contributed by atoms with Crippen molar-refractivity contribution in [3.8, 4) is 0 Å². The van der Waals surface area contributed by atoms with E-state index in [0.717, 1.165) is 32.7 Å². The van der Waals surface area contributed by atoms with Crippen LogP contribution in [0.4, 0.5) is 0 Å². The molecular weight excluding hydrogens is 218 g/mol. The number of rotatable bonds is 5. The first-order valence-electron chi connectivity index (χ1n) is 6.03. The Labute approximate surface area is 101 Å². The predicted molar refractivity (Wildman–Crippen MR) is 63.4 cm³/mol. The Balaban J connectivity index is 1.71. The largest absolute Gasteiger partial charge is 0.381 e. The van der Waals surface area contributed by atoms with E-state index in [1.165, 1.54) is 0 Å². The van der Waals surface area contributed by atoms with Crippen LogP contribution in [-0.2, 0) is 16.1 Å². The summed E-state index contributed by atoms with van der Waals surface area (Å²) >= 11 is 0. The third kappa shape index (κ3) is 3.56. The van der Waals surface area contributed by atoms with E-state index in [0.29, 0.717) is 12.3 Å². The van der Waals surface area contributed by atoms with Crippen molar-refractivity contribution in [1.82, 2.24) is 14.5 Å². The number of ether oxygens (including phenoxy) is 1. The summed E-state index contributed by atoms with van der Waals surface area (Å²) in [5.74, 6) is 0.624. The van der Waals surface area contributed by atoms with Crippen LogP contribution in [0.15, 0.2) is 18.7 Å². The molecule has 0 N–H and O–H groups in total. The highest BCUT2D eigenvalue weighted by molar-refractivity contribution is 5.76. The summed E-state index contributed by atoms with van der Waals surface area (Å²) in [6.07, 6.45) is 7.05. The van der Waals surface area contributed by atoms with Crippen molar-refractivity contribution >= 4 is 5.91 Å². The highest BCUT2D eigenvalue weighted by atomic mass is 16.5. The monoisotopic (exact) mass is 237 g/mol. The zero-order valence-corrected chi connectivity index (χ0v) is 10.2. The van der Waals surface area contributed by atoms with Gasteiger partial charge in [0.1, 0.15) is 0 Å². The summed E-state index contributed by atoms with van der Waals surface area (Å²) in [6, 6.07) is 0. The molecule has 17 heavy (non-hydrogen) atoms. The average Bonchev–Trinajstić information content (AvgIpc) is 2.98. The van der Waals surface area contributed by atoms with Crippen molar-refractivity contribution in [2.24, 2.45) is 5.92 Å². The van der Waals surface area contributed by atoms with Gasteiger partial charge in [0.15, 0.2) is 0 Å². The SMILES string of the molecule is CN(CCn1ccnc1)C(=O)C[C@H]1CCOC1. The third-order valence-corrected chi connectivity index (χ3v) is 3.17. The van der Waals surface area contributed by atoms with Crippen LogP contribution in [-0.4, -0.2) is 47.2 Å². The van der Waals surface area contributed by atoms with Gasteiger partial charge in [0.25, 0.3) is 0 Å². The standard InChI is InChI=1S/C12H19N3O2/c1-14(5-6-15-4-3-13-10-15)12(16)8-11-2-7-17-9-11/h3-4,10-11H,2,5-9H2,1H3/t11-/m1/s1. The van der Waals surface area contributed by atoms with Gasteiger partial charge < -0.3 is 14.2 Å². The summed E-state index contributed by atoms with van der Waals surface area (Å²) in [5.41, 5.74) is 0. The van der Waals surface area contributed by atoms with Gasteiger partial charge in [-0.1, -0.05) is 0 Å². The van der Waals surface area contributed by atoms with Gasteiger partial charge in [-0.2, -0.15) is 0 Å². The van der Waals surface area contributed by atoms with Crippen LogP contribution in [0.1, 0.15) is 12.8 Å². The first-order valence-corrected chi connectivity index (χ1v) is 6.03. The van der Waals surface area contributed by atoms with Gasteiger partial charge in [0.2, 0.25) is 5.91 Å². The van der Waals surface area contributed by atoms with Gasteiger partial charge in [-0.25, -0.2) is 4.98 Å². The highest BCUT2D eigenvalue weighted by Gasteiger charge is 2.20. The summed E-state index contributed by atoms with van der Waals surface area (Å²) in [6.45, 7) is 3.06. The average molecular weight is 237 g/mol. The van der Waals surface area contributed by atoms with Gasteiger partial charge >= 0.3 is 0 Å². The van der Waals surface area contributed by atoms with Crippen molar-refractivity contribution in [3.63, 3.8) is 0 Å². The molecule has 1 aromatic rings. The first kappa shape index (κ1) is 12.1. The summed E-state index contributed by atoms with van der Waals surface area (Å²) < 4.78 is 7.25. The van der Waals surface area contributed by atoms with Crippen LogP contribution in [0.5, 0.6) is 0 Å². The van der Waals surface area contributed by atoms with Crippen LogP contribution in [0.3, 0.4) is 0 Å². The Morgan fingerprint density at radius 2 is 2.53 bits per heavy atom. The van der Waals surface area contributed by atoms with E-state index >= 15 is 0 Å². The Hall–Kier alpha value is -1.36. The first-order chi connectivity index (χ1) is 8.25. The number of carbonyl (C=O) groups is 1. The molecule has 1 amide bonds. The van der Waals surface area contributed by atoms with E-state index in [4.69, 9.17) is 4.74 Å². The summed E-state index contributed by atoms with van der Waals surface area (Å²) in [7, 11) is 1.86. The molecule has 1 aliphatic rings. The van der Waals surface area contributed by atoms with Crippen LogP contribution < -0.4 is 0 Å². The number of hydrogen-bond donors (Lipinski definition) is 0. The van der Waals surface area contributed by atoms with E-state index in [1.807, 2.05) is 17.8 Å². The van der Waals surface area contributed by atoms with Crippen molar-refractivity contribution < 1.29 is 9.53 Å². The Kier molecular flexibility index (Phi) is 4.14. The molecule has 2 rings (SSSR count). The highest BCUT2D eigenvalue weighted by Crippen LogP contribution is 2.17. The molecular formula is C12H19N3O2. The zero-order valence-electron chi connectivity index (χ0n) is 10.2. The van der Waals surface area contributed by atoms with Crippen LogP contribution in [0.25, 0.3) is 0 Å². The van der Waals surface area contributed by atoms with Gasteiger partial charge in [0, 0.05) is 52.2 Å². The van der Waals surface area contributed by atoms with Gasteiger partial charge in [-0.05, 0) is 12.3 Å². The maximum absolute atomic E-state index is 11.9. The molecule has 94 valence electrons. The van der Waals surface area contributed by atoms with E-state index in [-0.39, 0.29) is 5.91 Å². The number of aromatic nitrogens is 2. The lowest BCUT2D eigenvalue weighted by Crippen LogP contribution is -2.31. The van der Waals surface area contributed by atoms with E-state index in [9.17, 15) is 4.79 Å². The fraction of sp³-hybridized carbons (Fsp3) is 0.667. The fourth-order valence-electron chi connectivity index (χ4n) is 1.96. The lowest BCUT2D eigenvalue weighted by atomic mass is 10.0. The molecule has 0 aromatic carbocycles. The number of carbonyl (C=O) groups excluding carboxylic acids is 1. The van der Waals surface area contributed by atoms with E-state index < -0.39 is 0 Å². The quantitative estimate of drug-likeness (QED) is 0.760. The Bertz CT molecular complexity index is 345. The molecule has 1 aromatic heterocycles. The molecule has 1 aliphatic heterocycles. The van der Waals surface area contributed by atoms with Crippen molar-refractivity contribution in [2.45, 2.75) is 19.4 Å². The van der Waals surface area contributed by atoms with Crippen LogP contribution in [0, 0.1) is 5.92 Å². The maximum atomic E-state index is 11.9. The molecule has 0 aliphatic carbocycles. The predicted octanol–water partition coefficient (Wildman–Crippen LogP) is 0.768. The van der Waals surface area contributed by atoms with Crippen LogP contribution >= 0.6 is 0 Å². The molecule has 0 spiro atoms. The van der Waals surface area contributed by atoms with Gasteiger partial charge in [-0.3, -0.25) is 4.79 Å². The second-order valence-corrected chi connectivity index (χ2v) is 4.55. The smallest absolute Gasteiger partial charge is 0.222 e. The second-order valence-electron chi connectivity index (χ2n) is 4.55. The normalized spacial score (nSPS) is 19.5. The molecule has 1 fully saturated rings. The molecule has 5 nitrogen and oxygen atoms in total. The third-order valence-electron chi connectivity index (χ3n) is 3.17. The van der Waals surface area contributed by atoms with E-state index in [1.54, 1.807) is 17.4 Å². The van der Waals surface area contributed by atoms with Crippen molar-refractivity contribution in [3.05, 3.63) is 18.7 Å². The molecule has 5 heteroatoms. The molecule has 1 saturated heterocycles. The van der Waals surface area contributed by atoms with E-state index in [2.05, 4.69) is 4.98 Å². The molecule has 0 radical (unpaired) electrons. The zero-order chi connectivity index (χ0) is 12.1. The number of nitrogens with zero attached hydrogens (tertiary/aromatic N) is 3. The minimum atomic E-state index is 0.209. The number of likely N-dealkylation sites (N-methyl/N-ethyl adjacent to an activating group) is 1. The lowest BCUT2D eigenvalue weighted by Gasteiger charge is -2.19. The van der Waals surface area contributed by atoms with Gasteiger partial charge in [-0.15, -0.1) is 0 Å². The molecule has 2 heterocycles. The van der Waals surface area contributed by atoms with Crippen molar-refractivity contribution in [2.75, 3.05) is 26.8 Å². The minimum Gasteiger partial charge on any atom is -0.381 e. The van der Waals surface area contributed by atoms with Crippen molar-refractivity contribution in [1.29, 1.82) is 0 Å². The molecule has 0 bridgehead atoms. The molecule has 1 atom stereocenters. The maximum Gasteiger partial charge on any atom is 0.222 e. The summed E-state index contributed by atoms with van der Waals surface area (Å²) in [4.78, 5) is 17.7. The second kappa shape index (κ2) is 5.82. The minimum absolute atomic E-state index is 0.209. The topological polar surface area (TPSA) is 47.4 Å². The Morgan fingerprint density at radius 3 is 3.18 bits per heavy atom.